The van der Waals surface area contributed by atoms with E-state index in [0.717, 1.165) is 41.5 Å². The maximum Gasteiger partial charge on any atom is 0.407 e. The molecule has 7 nitrogen and oxygen atoms in total. The molecule has 0 saturated heterocycles. The Morgan fingerprint density at radius 3 is 2.24 bits per heavy atom. The van der Waals surface area contributed by atoms with Crippen LogP contribution in [0.25, 0.3) is 11.1 Å². The van der Waals surface area contributed by atoms with E-state index in [1.165, 1.54) is 0 Å². The third-order valence-electron chi connectivity index (χ3n) is 7.87. The molecule has 5 atom stereocenters. The van der Waals surface area contributed by atoms with Gasteiger partial charge in [0.1, 0.15) is 12.6 Å². The van der Waals surface area contributed by atoms with Gasteiger partial charge >= 0.3 is 12.1 Å². The van der Waals surface area contributed by atoms with E-state index >= 15 is 0 Å². The van der Waals surface area contributed by atoms with Crippen molar-refractivity contribution in [3.8, 4) is 11.1 Å². The van der Waals surface area contributed by atoms with E-state index in [1.54, 1.807) is 0 Å². The molecule has 2 bridgehead atoms. The van der Waals surface area contributed by atoms with Gasteiger partial charge < -0.3 is 20.5 Å². The van der Waals surface area contributed by atoms with Gasteiger partial charge in [-0.05, 0) is 59.8 Å². The fourth-order valence-electron chi connectivity index (χ4n) is 6.25. The molecule has 178 valence electrons. The monoisotopic (exact) mass is 462 g/mol. The number of ether oxygens (including phenoxy) is 1. The number of amides is 2. The quantitative estimate of drug-likeness (QED) is 0.579. The number of hydrogen-bond acceptors (Lipinski definition) is 4. The summed E-state index contributed by atoms with van der Waals surface area (Å²) in [6.07, 6.45) is 2.43. The Kier molecular flexibility index (Phi) is 6.02. The lowest BCUT2D eigenvalue weighted by atomic mass is 9.84. The smallest absolute Gasteiger partial charge is 0.407 e. The Hall–Kier alpha value is -3.35. The number of carboxylic acids is 1. The van der Waals surface area contributed by atoms with E-state index < -0.39 is 24.0 Å². The van der Waals surface area contributed by atoms with Crippen LogP contribution in [-0.2, 0) is 14.3 Å². The van der Waals surface area contributed by atoms with Crippen molar-refractivity contribution in [3.63, 3.8) is 0 Å². The summed E-state index contributed by atoms with van der Waals surface area (Å²) in [5.74, 6) is -1.48. The zero-order valence-corrected chi connectivity index (χ0v) is 19.2. The first-order chi connectivity index (χ1) is 16.5. The van der Waals surface area contributed by atoms with Crippen LogP contribution in [0.15, 0.2) is 48.5 Å². The Balaban J connectivity index is 1.20. The van der Waals surface area contributed by atoms with E-state index in [1.807, 2.05) is 31.2 Å². The van der Waals surface area contributed by atoms with Crippen molar-refractivity contribution >= 4 is 18.0 Å². The van der Waals surface area contributed by atoms with Crippen LogP contribution in [-0.4, -0.2) is 41.8 Å². The minimum Gasteiger partial charge on any atom is -0.481 e. The average molecular weight is 463 g/mol. The normalized spacial score (nSPS) is 25.3. The molecule has 0 aliphatic heterocycles. The van der Waals surface area contributed by atoms with Crippen LogP contribution in [0.1, 0.15) is 49.7 Å². The van der Waals surface area contributed by atoms with Gasteiger partial charge in [-0.1, -0.05) is 55.5 Å². The van der Waals surface area contributed by atoms with Gasteiger partial charge in [-0.2, -0.15) is 0 Å². The Morgan fingerprint density at radius 1 is 1.00 bits per heavy atom. The molecule has 3 aliphatic rings. The molecule has 3 aliphatic carbocycles. The van der Waals surface area contributed by atoms with Gasteiger partial charge in [0.05, 0.1) is 5.92 Å². The number of carbonyl (C=O) groups is 3. The Bertz CT molecular complexity index is 1070. The second kappa shape index (κ2) is 9.12. The Morgan fingerprint density at radius 2 is 1.62 bits per heavy atom. The summed E-state index contributed by atoms with van der Waals surface area (Å²) in [6, 6.07) is 15.1. The van der Waals surface area contributed by atoms with E-state index in [4.69, 9.17) is 4.74 Å². The first-order valence-corrected chi connectivity index (χ1v) is 12.1. The van der Waals surface area contributed by atoms with Crippen molar-refractivity contribution in [2.75, 3.05) is 6.61 Å². The second-order valence-electron chi connectivity index (χ2n) is 9.66. The van der Waals surface area contributed by atoms with Crippen LogP contribution < -0.4 is 10.6 Å². The van der Waals surface area contributed by atoms with Crippen molar-refractivity contribution in [1.29, 1.82) is 0 Å². The number of carboxylic acid groups (broad SMARTS) is 1. The third kappa shape index (κ3) is 3.93. The highest BCUT2D eigenvalue weighted by atomic mass is 16.5. The number of benzene rings is 2. The van der Waals surface area contributed by atoms with Gasteiger partial charge in [0.25, 0.3) is 0 Å². The van der Waals surface area contributed by atoms with Gasteiger partial charge in [0, 0.05) is 12.0 Å². The molecule has 2 saturated carbocycles. The topological polar surface area (TPSA) is 105 Å². The highest BCUT2D eigenvalue weighted by Gasteiger charge is 2.51. The number of fused-ring (bicyclic) bond motifs is 5. The van der Waals surface area contributed by atoms with Gasteiger partial charge in [-0.3, -0.25) is 9.59 Å². The molecular weight excluding hydrogens is 432 g/mol. The van der Waals surface area contributed by atoms with Crippen LogP contribution in [0.3, 0.4) is 0 Å². The SMILES string of the molecule is CCC(NC(=O)OCC1c2ccccc2-c2ccccc21)C(=O)NC1C2CCC(C2)C1C(=O)O. The first-order valence-electron chi connectivity index (χ1n) is 12.1. The van der Waals surface area contributed by atoms with Crippen LogP contribution >= 0.6 is 0 Å². The van der Waals surface area contributed by atoms with Crippen molar-refractivity contribution in [2.24, 2.45) is 17.8 Å². The van der Waals surface area contributed by atoms with Crippen molar-refractivity contribution < 1.29 is 24.2 Å². The molecule has 7 heteroatoms. The van der Waals surface area contributed by atoms with Gasteiger partial charge in [-0.15, -0.1) is 0 Å². The Labute approximate surface area is 198 Å². The average Bonchev–Trinajstić information content (AvgIpc) is 3.53. The zero-order valence-electron chi connectivity index (χ0n) is 19.2. The van der Waals surface area contributed by atoms with Crippen molar-refractivity contribution in [3.05, 3.63) is 59.7 Å². The highest BCUT2D eigenvalue weighted by molar-refractivity contribution is 5.86. The molecule has 3 N–H and O–H groups in total. The number of nitrogens with one attached hydrogen (secondary N) is 2. The van der Waals surface area contributed by atoms with Gasteiger partial charge in [-0.25, -0.2) is 4.79 Å². The van der Waals surface area contributed by atoms with Gasteiger partial charge in [0.2, 0.25) is 5.91 Å². The number of rotatable bonds is 7. The van der Waals surface area contributed by atoms with Crippen LogP contribution in [0.5, 0.6) is 0 Å². The fraction of sp³-hybridized carbons (Fsp3) is 0.444. The zero-order chi connectivity index (χ0) is 23.8. The van der Waals surface area contributed by atoms with E-state index in [0.29, 0.717) is 6.42 Å². The number of alkyl carbamates (subject to hydrolysis) is 1. The summed E-state index contributed by atoms with van der Waals surface area (Å²) in [5, 5.41) is 15.2. The summed E-state index contributed by atoms with van der Waals surface area (Å²) in [6.45, 7) is 1.98. The minimum absolute atomic E-state index is 0.0579. The predicted octanol–water partition coefficient (Wildman–Crippen LogP) is 3.92. The lowest BCUT2D eigenvalue weighted by molar-refractivity contribution is -0.144. The van der Waals surface area contributed by atoms with Crippen molar-refractivity contribution in [1.82, 2.24) is 10.6 Å². The third-order valence-corrected chi connectivity index (χ3v) is 7.87. The largest absolute Gasteiger partial charge is 0.481 e. The molecule has 2 aromatic carbocycles. The molecule has 0 spiro atoms. The molecule has 5 rings (SSSR count). The maximum absolute atomic E-state index is 12.9. The fourth-order valence-corrected chi connectivity index (χ4v) is 6.25. The number of hydrogen-bond donors (Lipinski definition) is 3. The van der Waals surface area contributed by atoms with Crippen LogP contribution in [0.2, 0.25) is 0 Å². The number of carbonyl (C=O) groups excluding carboxylic acids is 2. The molecule has 0 aromatic heterocycles. The predicted molar refractivity (Wildman–Crippen MR) is 126 cm³/mol. The molecule has 5 unspecified atom stereocenters. The summed E-state index contributed by atoms with van der Waals surface area (Å²) in [7, 11) is 0. The lowest BCUT2D eigenvalue weighted by Gasteiger charge is -2.30. The standard InChI is InChI=1S/C27H30N2O5/c1-2-22(25(30)29-24-16-12-11-15(13-16)23(24)26(31)32)28-27(33)34-14-21-19-9-5-3-7-17(19)18-8-4-6-10-20(18)21/h3-10,15-16,21-24H,2,11-14H2,1H3,(H,28,33)(H,29,30)(H,31,32). The second-order valence-corrected chi connectivity index (χ2v) is 9.66. The lowest BCUT2D eigenvalue weighted by Crippen LogP contribution is -2.53. The molecule has 0 heterocycles. The van der Waals surface area contributed by atoms with Crippen molar-refractivity contribution in [2.45, 2.75) is 50.6 Å². The van der Waals surface area contributed by atoms with Crippen LogP contribution in [0, 0.1) is 17.8 Å². The van der Waals surface area contributed by atoms with E-state index in [-0.39, 0.29) is 36.3 Å². The molecule has 2 fully saturated rings. The molecular formula is C27H30N2O5. The van der Waals surface area contributed by atoms with Crippen LogP contribution in [0.4, 0.5) is 4.79 Å². The van der Waals surface area contributed by atoms with Gasteiger partial charge in [0.15, 0.2) is 0 Å². The molecule has 0 radical (unpaired) electrons. The first kappa shape index (κ1) is 22.4. The minimum atomic E-state index is -0.852. The maximum atomic E-state index is 12.9. The summed E-state index contributed by atoms with van der Waals surface area (Å²) in [4.78, 5) is 37.3. The van der Waals surface area contributed by atoms with E-state index in [9.17, 15) is 19.5 Å². The number of aliphatic carboxylic acids is 1. The molecule has 34 heavy (non-hydrogen) atoms. The molecule has 2 amide bonds. The molecule has 2 aromatic rings. The summed E-state index contributed by atoms with van der Waals surface area (Å²) < 4.78 is 5.58. The van der Waals surface area contributed by atoms with E-state index in [2.05, 4.69) is 34.9 Å². The summed E-state index contributed by atoms with van der Waals surface area (Å²) >= 11 is 0. The summed E-state index contributed by atoms with van der Waals surface area (Å²) in [5.41, 5.74) is 4.54. The highest BCUT2D eigenvalue weighted by Crippen LogP contribution is 2.48.